The molecule has 1 heterocycles. The van der Waals surface area contributed by atoms with Crippen molar-refractivity contribution < 1.29 is 9.47 Å². The van der Waals surface area contributed by atoms with Crippen LogP contribution in [0.3, 0.4) is 0 Å². The van der Waals surface area contributed by atoms with Crippen LogP contribution >= 0.6 is 11.3 Å². The molecule has 0 aliphatic carbocycles. The predicted molar refractivity (Wildman–Crippen MR) is 112 cm³/mol. The Morgan fingerprint density at radius 1 is 1.00 bits per heavy atom. The SMILES string of the molecule is CCOc1ccc(-c2nc(CNC(CC)c3ccc(OC)cc3)cs2)cc1. The molecule has 0 aliphatic rings. The summed E-state index contributed by atoms with van der Waals surface area (Å²) in [6, 6.07) is 16.7. The standard InChI is InChI=1S/C22H26N2O2S/c1-4-21(16-6-10-19(25-3)11-7-16)23-14-18-15-27-22(24-18)17-8-12-20(13-9-17)26-5-2/h6-13,15,21,23H,4-5,14H2,1-3H3. The normalized spacial score (nSPS) is 12.0. The van der Waals surface area contributed by atoms with E-state index in [1.165, 1.54) is 5.56 Å². The van der Waals surface area contributed by atoms with Crippen LogP contribution in [-0.2, 0) is 6.54 Å². The summed E-state index contributed by atoms with van der Waals surface area (Å²) in [5.41, 5.74) is 3.45. The van der Waals surface area contributed by atoms with Crippen LogP contribution in [0, 0.1) is 0 Å². The van der Waals surface area contributed by atoms with Gasteiger partial charge in [0, 0.05) is 23.5 Å². The van der Waals surface area contributed by atoms with Crippen LogP contribution < -0.4 is 14.8 Å². The van der Waals surface area contributed by atoms with E-state index in [4.69, 9.17) is 14.5 Å². The maximum atomic E-state index is 5.50. The molecule has 0 radical (unpaired) electrons. The number of ether oxygens (including phenoxy) is 2. The molecule has 0 bridgehead atoms. The monoisotopic (exact) mass is 382 g/mol. The molecular formula is C22H26N2O2S. The van der Waals surface area contributed by atoms with Crippen molar-refractivity contribution in [3.05, 3.63) is 65.2 Å². The van der Waals surface area contributed by atoms with Crippen LogP contribution in [0.5, 0.6) is 11.5 Å². The smallest absolute Gasteiger partial charge is 0.123 e. The lowest BCUT2D eigenvalue weighted by Gasteiger charge is -2.17. The van der Waals surface area contributed by atoms with Gasteiger partial charge in [-0.2, -0.15) is 0 Å². The van der Waals surface area contributed by atoms with E-state index < -0.39 is 0 Å². The van der Waals surface area contributed by atoms with Crippen LogP contribution in [-0.4, -0.2) is 18.7 Å². The Hall–Kier alpha value is -2.37. The quantitative estimate of drug-likeness (QED) is 0.534. The summed E-state index contributed by atoms with van der Waals surface area (Å²) in [4.78, 5) is 4.78. The van der Waals surface area contributed by atoms with Gasteiger partial charge in [-0.3, -0.25) is 0 Å². The van der Waals surface area contributed by atoms with Gasteiger partial charge in [-0.25, -0.2) is 4.98 Å². The highest BCUT2D eigenvalue weighted by Crippen LogP contribution is 2.26. The van der Waals surface area contributed by atoms with Gasteiger partial charge in [-0.1, -0.05) is 19.1 Å². The van der Waals surface area contributed by atoms with Crippen molar-refractivity contribution in [2.45, 2.75) is 32.9 Å². The van der Waals surface area contributed by atoms with E-state index in [1.807, 2.05) is 31.2 Å². The van der Waals surface area contributed by atoms with Crippen LogP contribution in [0.1, 0.15) is 37.6 Å². The summed E-state index contributed by atoms with van der Waals surface area (Å²) in [5, 5.41) is 6.77. The third-order valence-corrected chi connectivity index (χ3v) is 5.36. The molecule has 4 nitrogen and oxygen atoms in total. The third kappa shape index (κ3) is 5.08. The molecule has 5 heteroatoms. The van der Waals surface area contributed by atoms with Crippen LogP contribution in [0.15, 0.2) is 53.9 Å². The van der Waals surface area contributed by atoms with Gasteiger partial charge in [0.1, 0.15) is 16.5 Å². The van der Waals surface area contributed by atoms with E-state index in [0.29, 0.717) is 12.6 Å². The second kappa shape index (κ2) is 9.53. The molecule has 0 saturated carbocycles. The second-order valence-corrected chi connectivity index (χ2v) is 7.07. The number of methoxy groups -OCH3 is 1. The largest absolute Gasteiger partial charge is 0.497 e. The Labute approximate surface area is 165 Å². The summed E-state index contributed by atoms with van der Waals surface area (Å²) >= 11 is 1.67. The summed E-state index contributed by atoms with van der Waals surface area (Å²) in [6.45, 7) is 5.61. The topological polar surface area (TPSA) is 43.4 Å². The molecule has 0 fully saturated rings. The first kappa shape index (κ1) is 19.4. The zero-order valence-electron chi connectivity index (χ0n) is 16.1. The average Bonchev–Trinajstić information content (AvgIpc) is 3.19. The Balaban J connectivity index is 1.62. The van der Waals surface area contributed by atoms with Gasteiger partial charge in [0.2, 0.25) is 0 Å². The number of aromatic nitrogens is 1. The first-order valence-electron chi connectivity index (χ1n) is 9.28. The van der Waals surface area contributed by atoms with Crippen molar-refractivity contribution in [2.75, 3.05) is 13.7 Å². The minimum Gasteiger partial charge on any atom is -0.497 e. The van der Waals surface area contributed by atoms with Gasteiger partial charge in [0.05, 0.1) is 19.4 Å². The Kier molecular flexibility index (Phi) is 6.85. The van der Waals surface area contributed by atoms with Gasteiger partial charge in [-0.15, -0.1) is 11.3 Å². The van der Waals surface area contributed by atoms with E-state index in [-0.39, 0.29) is 0 Å². The molecule has 1 unspecified atom stereocenters. The number of hydrogen-bond acceptors (Lipinski definition) is 5. The van der Waals surface area contributed by atoms with E-state index in [2.05, 4.69) is 41.9 Å². The van der Waals surface area contributed by atoms with Gasteiger partial charge in [0.25, 0.3) is 0 Å². The fourth-order valence-corrected chi connectivity index (χ4v) is 3.77. The highest BCUT2D eigenvalue weighted by Gasteiger charge is 2.11. The molecule has 1 aromatic heterocycles. The minimum atomic E-state index is 0.298. The van der Waals surface area contributed by atoms with Crippen molar-refractivity contribution in [1.29, 1.82) is 0 Å². The molecule has 27 heavy (non-hydrogen) atoms. The zero-order chi connectivity index (χ0) is 19.1. The van der Waals surface area contributed by atoms with E-state index in [9.17, 15) is 0 Å². The predicted octanol–water partition coefficient (Wildman–Crippen LogP) is 5.46. The van der Waals surface area contributed by atoms with Crippen molar-refractivity contribution >= 4 is 11.3 Å². The van der Waals surface area contributed by atoms with Gasteiger partial charge in [0.15, 0.2) is 0 Å². The van der Waals surface area contributed by atoms with E-state index in [0.717, 1.165) is 40.7 Å². The molecule has 0 saturated heterocycles. The Bertz CT molecular complexity index is 828. The molecule has 1 N–H and O–H groups in total. The number of nitrogens with one attached hydrogen (secondary N) is 1. The first-order chi connectivity index (χ1) is 13.2. The third-order valence-electron chi connectivity index (χ3n) is 4.42. The van der Waals surface area contributed by atoms with Gasteiger partial charge < -0.3 is 14.8 Å². The number of nitrogens with zero attached hydrogens (tertiary/aromatic N) is 1. The van der Waals surface area contributed by atoms with Crippen LogP contribution in [0.4, 0.5) is 0 Å². The lowest BCUT2D eigenvalue weighted by atomic mass is 10.0. The number of benzene rings is 2. The molecule has 1 atom stereocenters. The average molecular weight is 383 g/mol. The second-order valence-electron chi connectivity index (χ2n) is 6.22. The zero-order valence-corrected chi connectivity index (χ0v) is 16.9. The molecular weight excluding hydrogens is 356 g/mol. The molecule has 2 aromatic carbocycles. The summed E-state index contributed by atoms with van der Waals surface area (Å²) < 4.78 is 10.7. The van der Waals surface area contributed by atoms with Crippen molar-refractivity contribution in [1.82, 2.24) is 10.3 Å². The lowest BCUT2D eigenvalue weighted by molar-refractivity contribution is 0.340. The number of rotatable bonds is 9. The molecule has 3 aromatic rings. The fourth-order valence-electron chi connectivity index (χ4n) is 2.94. The highest BCUT2D eigenvalue weighted by molar-refractivity contribution is 7.13. The number of thiazole rings is 1. The number of hydrogen-bond donors (Lipinski definition) is 1. The van der Waals surface area contributed by atoms with E-state index >= 15 is 0 Å². The van der Waals surface area contributed by atoms with Gasteiger partial charge in [-0.05, 0) is 55.3 Å². The maximum absolute atomic E-state index is 5.50. The van der Waals surface area contributed by atoms with E-state index in [1.54, 1.807) is 18.4 Å². The fraction of sp³-hybridized carbons (Fsp3) is 0.318. The Morgan fingerprint density at radius 2 is 1.70 bits per heavy atom. The van der Waals surface area contributed by atoms with Crippen LogP contribution in [0.25, 0.3) is 10.6 Å². The molecule has 0 aliphatic heterocycles. The molecule has 0 spiro atoms. The lowest BCUT2D eigenvalue weighted by Crippen LogP contribution is -2.20. The minimum absolute atomic E-state index is 0.298. The van der Waals surface area contributed by atoms with Crippen LogP contribution in [0.2, 0.25) is 0 Å². The summed E-state index contributed by atoms with van der Waals surface area (Å²) in [6.07, 6.45) is 1.02. The molecule has 0 amide bonds. The Morgan fingerprint density at radius 3 is 2.33 bits per heavy atom. The molecule has 3 rings (SSSR count). The summed E-state index contributed by atoms with van der Waals surface area (Å²) in [5.74, 6) is 1.78. The van der Waals surface area contributed by atoms with Crippen molar-refractivity contribution in [3.63, 3.8) is 0 Å². The van der Waals surface area contributed by atoms with Crippen molar-refractivity contribution in [2.24, 2.45) is 0 Å². The first-order valence-corrected chi connectivity index (χ1v) is 10.2. The van der Waals surface area contributed by atoms with Gasteiger partial charge >= 0.3 is 0 Å². The maximum Gasteiger partial charge on any atom is 0.123 e. The van der Waals surface area contributed by atoms with Crippen molar-refractivity contribution in [3.8, 4) is 22.1 Å². The highest BCUT2D eigenvalue weighted by atomic mass is 32.1. The summed E-state index contributed by atoms with van der Waals surface area (Å²) in [7, 11) is 1.69. The molecule has 142 valence electrons.